The molecule has 2 N–H and O–H groups in total. The fraction of sp³-hybridized carbons (Fsp3) is 0.533. The lowest BCUT2D eigenvalue weighted by atomic mass is 9.93. The van der Waals surface area contributed by atoms with Crippen molar-refractivity contribution in [2.24, 2.45) is 5.92 Å². The van der Waals surface area contributed by atoms with E-state index < -0.39 is 17.0 Å². The highest BCUT2D eigenvalue weighted by atomic mass is 19.1. The lowest BCUT2D eigenvalue weighted by molar-refractivity contribution is 0.237. The maximum atomic E-state index is 13.9. The molecular formula is C15H20F2N2O. The van der Waals surface area contributed by atoms with Gasteiger partial charge in [-0.1, -0.05) is 13.0 Å². The van der Waals surface area contributed by atoms with E-state index in [9.17, 15) is 13.6 Å². The number of amides is 2. The molecule has 0 aromatic heterocycles. The van der Waals surface area contributed by atoms with Crippen molar-refractivity contribution in [3.8, 4) is 0 Å². The molecule has 20 heavy (non-hydrogen) atoms. The van der Waals surface area contributed by atoms with Gasteiger partial charge in [0.15, 0.2) is 0 Å². The summed E-state index contributed by atoms with van der Waals surface area (Å²) in [5.41, 5.74) is 0.0720. The summed E-state index contributed by atoms with van der Waals surface area (Å²) in [6, 6.07) is 3.43. The molecule has 1 aliphatic rings. The van der Waals surface area contributed by atoms with Crippen LogP contribution in [0.1, 0.15) is 32.8 Å². The Morgan fingerprint density at radius 3 is 2.60 bits per heavy atom. The molecule has 2 atom stereocenters. The summed E-state index contributed by atoms with van der Waals surface area (Å²) in [6.45, 7) is 6.10. The highest BCUT2D eigenvalue weighted by molar-refractivity contribution is 5.74. The van der Waals surface area contributed by atoms with Crippen molar-refractivity contribution in [1.82, 2.24) is 10.6 Å². The molecule has 3 nitrogen and oxygen atoms in total. The zero-order chi connectivity index (χ0) is 14.9. The monoisotopic (exact) mass is 282 g/mol. The molecule has 1 aliphatic carbocycles. The van der Waals surface area contributed by atoms with E-state index >= 15 is 0 Å². The summed E-state index contributed by atoms with van der Waals surface area (Å²) < 4.78 is 26.9. The Labute approximate surface area is 117 Å². The molecule has 1 saturated carbocycles. The number of carbonyl (C=O) groups excluding carboxylic acids is 1. The number of rotatable bonds is 4. The molecule has 0 heterocycles. The van der Waals surface area contributed by atoms with Gasteiger partial charge in [-0.15, -0.1) is 0 Å². The van der Waals surface area contributed by atoms with Gasteiger partial charge < -0.3 is 10.6 Å². The summed E-state index contributed by atoms with van der Waals surface area (Å²) >= 11 is 0. The number of urea groups is 1. The van der Waals surface area contributed by atoms with Gasteiger partial charge in [0.05, 0.1) is 0 Å². The van der Waals surface area contributed by atoms with Crippen LogP contribution < -0.4 is 10.6 Å². The van der Waals surface area contributed by atoms with Crippen molar-refractivity contribution >= 4 is 6.03 Å². The maximum Gasteiger partial charge on any atom is 0.315 e. The van der Waals surface area contributed by atoms with E-state index in [-0.39, 0.29) is 18.0 Å². The Balaban J connectivity index is 2.09. The summed E-state index contributed by atoms with van der Waals surface area (Å²) in [5.74, 6) is -0.859. The predicted molar refractivity (Wildman–Crippen MR) is 73.5 cm³/mol. The smallest absolute Gasteiger partial charge is 0.315 e. The first-order chi connectivity index (χ1) is 9.35. The number of hydrogen-bond donors (Lipinski definition) is 2. The minimum Gasteiger partial charge on any atom is -0.337 e. The van der Waals surface area contributed by atoms with E-state index in [1.165, 1.54) is 12.1 Å². The van der Waals surface area contributed by atoms with Crippen LogP contribution in [0.4, 0.5) is 13.6 Å². The fourth-order valence-corrected chi connectivity index (χ4v) is 2.65. The maximum absolute atomic E-state index is 13.9. The minimum atomic E-state index is -0.583. The van der Waals surface area contributed by atoms with Crippen LogP contribution in [0.25, 0.3) is 0 Å². The first kappa shape index (κ1) is 14.8. The van der Waals surface area contributed by atoms with Crippen LogP contribution in [0.15, 0.2) is 18.2 Å². The van der Waals surface area contributed by atoms with Gasteiger partial charge in [0.1, 0.15) is 11.6 Å². The van der Waals surface area contributed by atoms with E-state index in [1.54, 1.807) is 0 Å². The van der Waals surface area contributed by atoms with Gasteiger partial charge in [-0.3, -0.25) is 0 Å². The van der Waals surface area contributed by atoms with Crippen molar-refractivity contribution in [2.75, 3.05) is 6.54 Å². The molecule has 0 spiro atoms. The SMILES string of the molecule is CC(C)NC(=O)NCC1(c2ccc(F)cc2F)CC1C. The molecule has 0 radical (unpaired) electrons. The van der Waals surface area contributed by atoms with Gasteiger partial charge in [-0.2, -0.15) is 0 Å². The number of hydrogen-bond acceptors (Lipinski definition) is 1. The Bertz CT molecular complexity index is 519. The van der Waals surface area contributed by atoms with Crippen molar-refractivity contribution < 1.29 is 13.6 Å². The Kier molecular flexibility index (Phi) is 3.97. The molecule has 2 rings (SSSR count). The van der Waals surface area contributed by atoms with Crippen LogP contribution >= 0.6 is 0 Å². The van der Waals surface area contributed by atoms with E-state index in [2.05, 4.69) is 10.6 Å². The van der Waals surface area contributed by atoms with Crippen LogP contribution in [-0.4, -0.2) is 18.6 Å². The molecule has 1 aromatic rings. The number of nitrogens with one attached hydrogen (secondary N) is 2. The minimum absolute atomic E-state index is 0.0464. The second-order valence-corrected chi connectivity index (χ2v) is 5.87. The number of halogens is 2. The van der Waals surface area contributed by atoms with Gasteiger partial charge in [-0.05, 0) is 37.8 Å². The zero-order valence-electron chi connectivity index (χ0n) is 12.0. The quantitative estimate of drug-likeness (QED) is 0.876. The van der Waals surface area contributed by atoms with Gasteiger partial charge in [-0.25, -0.2) is 13.6 Å². The van der Waals surface area contributed by atoms with E-state index in [1.807, 2.05) is 20.8 Å². The average Bonchev–Trinajstić information content (AvgIpc) is 2.97. The first-order valence-corrected chi connectivity index (χ1v) is 6.85. The molecule has 0 aliphatic heterocycles. The standard InChI is InChI=1S/C15H20F2N2O/c1-9(2)19-14(20)18-8-15(7-10(15)3)12-5-4-11(16)6-13(12)17/h4-6,9-10H,7-8H2,1-3H3,(H2,18,19,20). The molecule has 0 saturated heterocycles. The third-order valence-electron chi connectivity index (χ3n) is 3.91. The van der Waals surface area contributed by atoms with E-state index in [0.29, 0.717) is 12.1 Å². The van der Waals surface area contributed by atoms with Gasteiger partial charge >= 0.3 is 6.03 Å². The topological polar surface area (TPSA) is 41.1 Å². The fourth-order valence-electron chi connectivity index (χ4n) is 2.65. The Morgan fingerprint density at radius 1 is 1.45 bits per heavy atom. The van der Waals surface area contributed by atoms with Crippen LogP contribution in [0.5, 0.6) is 0 Å². The van der Waals surface area contributed by atoms with Gasteiger partial charge in [0.2, 0.25) is 0 Å². The van der Waals surface area contributed by atoms with Crippen molar-refractivity contribution in [3.63, 3.8) is 0 Å². The van der Waals surface area contributed by atoms with Crippen LogP contribution in [0, 0.1) is 17.6 Å². The van der Waals surface area contributed by atoms with E-state index in [0.717, 1.165) is 12.5 Å². The molecule has 110 valence electrons. The molecule has 0 bridgehead atoms. The van der Waals surface area contributed by atoms with Crippen LogP contribution in [0.3, 0.4) is 0 Å². The third kappa shape index (κ3) is 2.92. The highest BCUT2D eigenvalue weighted by Gasteiger charge is 2.53. The second-order valence-electron chi connectivity index (χ2n) is 5.87. The van der Waals surface area contributed by atoms with Crippen molar-refractivity contribution in [2.45, 2.75) is 38.6 Å². The Morgan fingerprint density at radius 2 is 2.10 bits per heavy atom. The number of carbonyl (C=O) groups is 1. The van der Waals surface area contributed by atoms with Crippen LogP contribution in [-0.2, 0) is 5.41 Å². The molecular weight excluding hydrogens is 262 g/mol. The molecule has 1 aromatic carbocycles. The summed E-state index contributed by atoms with van der Waals surface area (Å²) in [4.78, 5) is 11.6. The molecule has 1 fully saturated rings. The average molecular weight is 282 g/mol. The second kappa shape index (κ2) is 5.38. The van der Waals surface area contributed by atoms with E-state index in [4.69, 9.17) is 0 Å². The summed E-state index contributed by atoms with van der Waals surface area (Å²) in [5, 5.41) is 5.51. The molecule has 2 unspecified atom stereocenters. The third-order valence-corrected chi connectivity index (χ3v) is 3.91. The van der Waals surface area contributed by atoms with Crippen molar-refractivity contribution in [3.05, 3.63) is 35.4 Å². The largest absolute Gasteiger partial charge is 0.337 e. The number of benzene rings is 1. The predicted octanol–water partition coefficient (Wildman–Crippen LogP) is 2.95. The Hall–Kier alpha value is -1.65. The first-order valence-electron chi connectivity index (χ1n) is 6.85. The summed E-state index contributed by atoms with van der Waals surface area (Å²) in [6.07, 6.45) is 0.789. The molecule has 2 amide bonds. The molecule has 5 heteroatoms. The normalized spacial score (nSPS) is 24.6. The summed E-state index contributed by atoms with van der Waals surface area (Å²) in [7, 11) is 0. The van der Waals surface area contributed by atoms with Crippen LogP contribution in [0.2, 0.25) is 0 Å². The lowest BCUT2D eigenvalue weighted by Crippen LogP contribution is -2.43. The van der Waals surface area contributed by atoms with Gasteiger partial charge in [0.25, 0.3) is 0 Å². The zero-order valence-corrected chi connectivity index (χ0v) is 12.0. The highest BCUT2D eigenvalue weighted by Crippen LogP contribution is 2.54. The van der Waals surface area contributed by atoms with Crippen molar-refractivity contribution in [1.29, 1.82) is 0 Å². The lowest BCUT2D eigenvalue weighted by Gasteiger charge is -2.20. The van der Waals surface area contributed by atoms with Gasteiger partial charge in [0, 0.05) is 24.1 Å².